The lowest BCUT2D eigenvalue weighted by atomic mass is 10.0. The van der Waals surface area contributed by atoms with E-state index in [4.69, 9.17) is 16.3 Å². The third-order valence-corrected chi connectivity index (χ3v) is 4.73. The van der Waals surface area contributed by atoms with Gasteiger partial charge in [0, 0.05) is 33.9 Å². The van der Waals surface area contributed by atoms with Crippen molar-refractivity contribution >= 4 is 28.9 Å². The highest BCUT2D eigenvalue weighted by Gasteiger charge is 2.15. The number of benzene rings is 3. The summed E-state index contributed by atoms with van der Waals surface area (Å²) in [5.41, 5.74) is 2.17. The molecular formula is C24H22ClNO4. The molecule has 3 aromatic carbocycles. The molecule has 5 nitrogen and oxygen atoms in total. The molecular weight excluding hydrogens is 402 g/mol. The fourth-order valence-corrected chi connectivity index (χ4v) is 3.04. The molecule has 3 rings (SSSR count). The number of carbonyl (C=O) groups is 2. The lowest BCUT2D eigenvalue weighted by Crippen LogP contribution is -2.27. The zero-order chi connectivity index (χ0) is 21.5. The van der Waals surface area contributed by atoms with Gasteiger partial charge >= 0.3 is 0 Å². The summed E-state index contributed by atoms with van der Waals surface area (Å²) in [6, 6.07) is 20.7. The number of aliphatic hydroxyl groups is 1. The number of carbonyl (C=O) groups excluding carboxylic acids is 2. The van der Waals surface area contributed by atoms with E-state index in [2.05, 4.69) is 5.32 Å². The molecule has 0 saturated heterocycles. The van der Waals surface area contributed by atoms with E-state index in [-0.39, 0.29) is 24.7 Å². The van der Waals surface area contributed by atoms with Crippen molar-refractivity contribution in [2.24, 2.45) is 0 Å². The molecule has 0 aliphatic rings. The van der Waals surface area contributed by atoms with E-state index < -0.39 is 6.10 Å². The molecule has 0 saturated carbocycles. The normalized spacial score (nSPS) is 11.6. The van der Waals surface area contributed by atoms with Gasteiger partial charge in [-0.05, 0) is 49.4 Å². The van der Waals surface area contributed by atoms with E-state index in [0.29, 0.717) is 33.1 Å². The maximum atomic E-state index is 12.8. The molecule has 3 aromatic rings. The molecule has 0 aliphatic carbocycles. The van der Waals surface area contributed by atoms with Crippen LogP contribution in [0.4, 0.5) is 5.69 Å². The molecule has 154 valence electrons. The maximum Gasteiger partial charge on any atom is 0.195 e. The highest BCUT2D eigenvalue weighted by molar-refractivity contribution is 6.31. The molecule has 0 aliphatic heterocycles. The monoisotopic (exact) mass is 423 g/mol. The van der Waals surface area contributed by atoms with Crippen molar-refractivity contribution in [3.05, 3.63) is 94.5 Å². The van der Waals surface area contributed by atoms with E-state index >= 15 is 0 Å². The Morgan fingerprint density at radius 3 is 2.37 bits per heavy atom. The Hall–Kier alpha value is -3.15. The fourth-order valence-electron chi connectivity index (χ4n) is 2.87. The van der Waals surface area contributed by atoms with Gasteiger partial charge in [0.25, 0.3) is 0 Å². The van der Waals surface area contributed by atoms with Crippen LogP contribution in [0.1, 0.15) is 33.2 Å². The van der Waals surface area contributed by atoms with Crippen LogP contribution in [0.2, 0.25) is 5.02 Å². The van der Waals surface area contributed by atoms with Crippen molar-refractivity contribution in [2.45, 2.75) is 13.0 Å². The Labute approximate surface area is 180 Å². The second kappa shape index (κ2) is 10.1. The van der Waals surface area contributed by atoms with Gasteiger partial charge in [0.15, 0.2) is 11.6 Å². The smallest absolute Gasteiger partial charge is 0.195 e. The van der Waals surface area contributed by atoms with Crippen molar-refractivity contribution < 1.29 is 19.4 Å². The third kappa shape index (κ3) is 5.69. The number of ether oxygens (including phenoxy) is 1. The van der Waals surface area contributed by atoms with E-state index in [1.54, 1.807) is 66.7 Å². The number of anilines is 1. The topological polar surface area (TPSA) is 75.6 Å². The number of hydrogen-bond acceptors (Lipinski definition) is 5. The van der Waals surface area contributed by atoms with Gasteiger partial charge in [-0.3, -0.25) is 9.59 Å². The summed E-state index contributed by atoms with van der Waals surface area (Å²) in [6.45, 7) is 1.74. The molecule has 1 atom stereocenters. The van der Waals surface area contributed by atoms with Crippen molar-refractivity contribution in [1.29, 1.82) is 0 Å². The van der Waals surface area contributed by atoms with Gasteiger partial charge in [-0.15, -0.1) is 0 Å². The number of halogens is 1. The summed E-state index contributed by atoms with van der Waals surface area (Å²) in [5.74, 6) is 0.386. The Morgan fingerprint density at radius 2 is 1.70 bits per heavy atom. The molecule has 0 unspecified atom stereocenters. The second-order valence-electron chi connectivity index (χ2n) is 6.81. The van der Waals surface area contributed by atoms with Crippen molar-refractivity contribution in [3.63, 3.8) is 0 Å². The van der Waals surface area contributed by atoms with E-state index in [9.17, 15) is 14.7 Å². The lowest BCUT2D eigenvalue weighted by molar-refractivity contribution is 0.101. The largest absolute Gasteiger partial charge is 0.491 e. The Kier molecular flexibility index (Phi) is 7.22. The fraction of sp³-hybridized carbons (Fsp3) is 0.167. The van der Waals surface area contributed by atoms with E-state index in [1.165, 1.54) is 6.92 Å². The molecule has 6 heteroatoms. The van der Waals surface area contributed by atoms with Gasteiger partial charge in [-0.25, -0.2) is 0 Å². The van der Waals surface area contributed by atoms with Crippen LogP contribution in [0.3, 0.4) is 0 Å². The van der Waals surface area contributed by atoms with E-state index in [0.717, 1.165) is 0 Å². The average Bonchev–Trinajstić information content (AvgIpc) is 2.77. The number of hydrogen-bond donors (Lipinski definition) is 2. The minimum atomic E-state index is -0.812. The summed E-state index contributed by atoms with van der Waals surface area (Å²) < 4.78 is 5.57. The van der Waals surface area contributed by atoms with E-state index in [1.807, 2.05) is 6.07 Å². The van der Waals surface area contributed by atoms with Gasteiger partial charge < -0.3 is 15.2 Å². The standard InChI is InChI=1S/C24H22ClNO4/c1-16(27)17-7-10-21(11-8-17)30-15-20(28)14-26-23-12-9-19(25)13-22(23)24(29)18-5-3-2-4-6-18/h2-13,20,26,28H,14-15H2,1H3/t20-/m1/s1. The van der Waals surface area contributed by atoms with Crippen LogP contribution in [0.15, 0.2) is 72.8 Å². The molecule has 0 radical (unpaired) electrons. The average molecular weight is 424 g/mol. The highest BCUT2D eigenvalue weighted by atomic mass is 35.5. The van der Waals surface area contributed by atoms with Gasteiger partial charge in [0.1, 0.15) is 18.5 Å². The van der Waals surface area contributed by atoms with Gasteiger partial charge in [-0.1, -0.05) is 41.9 Å². The summed E-state index contributed by atoms with van der Waals surface area (Å²) in [7, 11) is 0. The first kappa shape index (κ1) is 21.6. The number of nitrogens with one attached hydrogen (secondary N) is 1. The molecule has 2 N–H and O–H groups in total. The second-order valence-corrected chi connectivity index (χ2v) is 7.25. The van der Waals surface area contributed by atoms with Gasteiger partial charge in [0.2, 0.25) is 0 Å². The van der Waals surface area contributed by atoms with Crippen LogP contribution in [-0.2, 0) is 0 Å². The molecule has 30 heavy (non-hydrogen) atoms. The minimum absolute atomic E-state index is 0.0189. The first-order chi connectivity index (χ1) is 14.4. The van der Waals surface area contributed by atoms with Crippen LogP contribution < -0.4 is 10.1 Å². The number of rotatable bonds is 9. The van der Waals surface area contributed by atoms with Crippen LogP contribution in [0, 0.1) is 0 Å². The van der Waals surface area contributed by atoms with Gasteiger partial charge in [0.05, 0.1) is 0 Å². The predicted molar refractivity (Wildman–Crippen MR) is 118 cm³/mol. The SMILES string of the molecule is CC(=O)c1ccc(OC[C@H](O)CNc2ccc(Cl)cc2C(=O)c2ccccc2)cc1. The van der Waals surface area contributed by atoms with Crippen LogP contribution >= 0.6 is 11.6 Å². The molecule has 0 fully saturated rings. The number of ketones is 2. The Balaban J connectivity index is 1.61. The lowest BCUT2D eigenvalue weighted by Gasteiger charge is -2.16. The Bertz CT molecular complexity index is 1020. The summed E-state index contributed by atoms with van der Waals surface area (Å²) in [5, 5.41) is 13.8. The number of Topliss-reactive ketones (excluding diaryl/α,β-unsaturated/α-hetero) is 1. The van der Waals surface area contributed by atoms with Crippen LogP contribution in [0.25, 0.3) is 0 Å². The van der Waals surface area contributed by atoms with Crippen molar-refractivity contribution in [1.82, 2.24) is 0 Å². The van der Waals surface area contributed by atoms with Crippen molar-refractivity contribution in [3.8, 4) is 5.75 Å². The highest BCUT2D eigenvalue weighted by Crippen LogP contribution is 2.24. The Morgan fingerprint density at radius 1 is 1.00 bits per heavy atom. The summed E-state index contributed by atoms with van der Waals surface area (Å²) in [4.78, 5) is 24.1. The molecule has 0 amide bonds. The molecule has 0 aromatic heterocycles. The molecule has 0 bridgehead atoms. The zero-order valence-electron chi connectivity index (χ0n) is 16.5. The molecule has 0 heterocycles. The summed E-state index contributed by atoms with van der Waals surface area (Å²) >= 11 is 6.09. The van der Waals surface area contributed by atoms with Crippen LogP contribution in [0.5, 0.6) is 5.75 Å². The number of aliphatic hydroxyl groups excluding tert-OH is 1. The molecule has 0 spiro atoms. The van der Waals surface area contributed by atoms with Crippen molar-refractivity contribution in [2.75, 3.05) is 18.5 Å². The third-order valence-electron chi connectivity index (χ3n) is 4.49. The van der Waals surface area contributed by atoms with Crippen LogP contribution in [-0.4, -0.2) is 35.9 Å². The first-order valence-corrected chi connectivity index (χ1v) is 9.87. The quantitative estimate of drug-likeness (QED) is 0.491. The minimum Gasteiger partial charge on any atom is -0.491 e. The predicted octanol–water partition coefficient (Wildman–Crippen LogP) is 4.63. The van der Waals surface area contributed by atoms with Gasteiger partial charge in [-0.2, -0.15) is 0 Å². The summed E-state index contributed by atoms with van der Waals surface area (Å²) in [6.07, 6.45) is -0.812. The first-order valence-electron chi connectivity index (χ1n) is 9.49. The zero-order valence-corrected chi connectivity index (χ0v) is 17.2. The maximum absolute atomic E-state index is 12.8.